The number of carbonyl (C=O) groups excluding carboxylic acids is 2. The van der Waals surface area contributed by atoms with Crippen LogP contribution in [0.25, 0.3) is 6.08 Å². The second-order valence-corrected chi connectivity index (χ2v) is 9.16. The number of thiocarbonyl (C=S) groups is 1. The lowest BCUT2D eigenvalue weighted by molar-refractivity contribution is -0.123. The van der Waals surface area contributed by atoms with Crippen LogP contribution in [-0.2, 0) is 4.79 Å². The van der Waals surface area contributed by atoms with Crippen LogP contribution >= 0.6 is 35.6 Å². The molecular weight excluding hydrogens is 492 g/mol. The first-order valence-electron chi connectivity index (χ1n) is 10.2. The minimum atomic E-state index is -0.456. The van der Waals surface area contributed by atoms with Crippen molar-refractivity contribution in [1.82, 2.24) is 10.4 Å². The first-order chi connectivity index (χ1) is 16.5. The highest BCUT2D eigenvalue weighted by atomic mass is 35.5. The van der Waals surface area contributed by atoms with E-state index in [1.807, 2.05) is 54.6 Å². The van der Waals surface area contributed by atoms with Crippen molar-refractivity contribution in [3.8, 4) is 11.5 Å². The number of hydrogen-bond acceptors (Lipinski definition) is 6. The summed E-state index contributed by atoms with van der Waals surface area (Å²) in [5.74, 6) is 0.573. The molecule has 0 spiro atoms. The van der Waals surface area contributed by atoms with Gasteiger partial charge in [-0.2, -0.15) is 5.01 Å². The number of benzene rings is 3. The number of nitrogens with zero attached hydrogens (tertiary/aromatic N) is 1. The van der Waals surface area contributed by atoms with E-state index >= 15 is 0 Å². The molecule has 172 valence electrons. The van der Waals surface area contributed by atoms with Crippen LogP contribution in [0, 0.1) is 0 Å². The van der Waals surface area contributed by atoms with E-state index in [1.54, 1.807) is 30.3 Å². The van der Waals surface area contributed by atoms with Crippen molar-refractivity contribution in [3.63, 3.8) is 0 Å². The van der Waals surface area contributed by atoms with Crippen LogP contribution in [0.2, 0.25) is 5.02 Å². The molecule has 1 aliphatic heterocycles. The number of nitrogens with one attached hydrogen (secondary N) is 1. The van der Waals surface area contributed by atoms with Crippen LogP contribution in [-0.4, -0.2) is 34.4 Å². The third-order valence-corrected chi connectivity index (χ3v) is 6.19. The van der Waals surface area contributed by atoms with Crippen LogP contribution < -0.4 is 14.9 Å². The van der Waals surface area contributed by atoms with Crippen LogP contribution in [0.1, 0.15) is 15.9 Å². The van der Waals surface area contributed by atoms with Gasteiger partial charge in [-0.3, -0.25) is 15.0 Å². The largest absolute Gasteiger partial charge is 0.490 e. The van der Waals surface area contributed by atoms with E-state index in [-0.39, 0.29) is 4.32 Å². The summed E-state index contributed by atoms with van der Waals surface area (Å²) in [7, 11) is 0. The second-order valence-electron chi connectivity index (χ2n) is 7.05. The van der Waals surface area contributed by atoms with Crippen molar-refractivity contribution >= 4 is 57.8 Å². The Bertz CT molecular complexity index is 1230. The Labute approximate surface area is 211 Å². The highest BCUT2D eigenvalue weighted by Crippen LogP contribution is 2.32. The van der Waals surface area contributed by atoms with Gasteiger partial charge in [0.1, 0.15) is 24.7 Å². The Morgan fingerprint density at radius 1 is 0.971 bits per heavy atom. The summed E-state index contributed by atoms with van der Waals surface area (Å²) in [6, 6.07) is 23.2. The molecule has 9 heteroatoms. The van der Waals surface area contributed by atoms with E-state index in [2.05, 4.69) is 5.43 Å². The molecule has 0 bridgehead atoms. The molecule has 1 saturated heterocycles. The number of thioether (sulfide) groups is 1. The number of carbonyl (C=O) groups is 2. The number of hydrogen-bond donors (Lipinski definition) is 1. The summed E-state index contributed by atoms with van der Waals surface area (Å²) in [4.78, 5) is 25.7. The minimum Gasteiger partial charge on any atom is -0.490 e. The van der Waals surface area contributed by atoms with Gasteiger partial charge in [-0.15, -0.1) is 0 Å². The lowest BCUT2D eigenvalue weighted by Crippen LogP contribution is -2.44. The highest BCUT2D eigenvalue weighted by Gasteiger charge is 2.33. The molecule has 1 fully saturated rings. The van der Waals surface area contributed by atoms with Gasteiger partial charge in [-0.1, -0.05) is 53.7 Å². The Morgan fingerprint density at radius 2 is 1.65 bits per heavy atom. The first-order valence-corrected chi connectivity index (χ1v) is 11.8. The van der Waals surface area contributed by atoms with Crippen molar-refractivity contribution in [2.45, 2.75) is 0 Å². The van der Waals surface area contributed by atoms with E-state index in [0.717, 1.165) is 28.1 Å². The molecule has 3 aromatic carbocycles. The number of hydrazine groups is 1. The van der Waals surface area contributed by atoms with Gasteiger partial charge in [0.25, 0.3) is 11.8 Å². The monoisotopic (exact) mass is 510 g/mol. The van der Waals surface area contributed by atoms with Gasteiger partial charge in [0.15, 0.2) is 4.32 Å². The van der Waals surface area contributed by atoms with Crippen molar-refractivity contribution in [2.75, 3.05) is 13.2 Å². The zero-order valence-electron chi connectivity index (χ0n) is 17.8. The Balaban J connectivity index is 1.36. The maximum Gasteiger partial charge on any atom is 0.285 e. The molecule has 0 radical (unpaired) electrons. The Kier molecular flexibility index (Phi) is 7.84. The smallest absolute Gasteiger partial charge is 0.285 e. The maximum atomic E-state index is 12.8. The van der Waals surface area contributed by atoms with Gasteiger partial charge < -0.3 is 9.47 Å². The molecule has 1 heterocycles. The van der Waals surface area contributed by atoms with Crippen molar-refractivity contribution < 1.29 is 19.1 Å². The van der Waals surface area contributed by atoms with Gasteiger partial charge in [-0.25, -0.2) is 0 Å². The third kappa shape index (κ3) is 6.17. The fourth-order valence-corrected chi connectivity index (χ4v) is 4.32. The Morgan fingerprint density at radius 3 is 2.38 bits per heavy atom. The average molecular weight is 511 g/mol. The van der Waals surface area contributed by atoms with Gasteiger partial charge in [0.2, 0.25) is 0 Å². The van der Waals surface area contributed by atoms with Gasteiger partial charge in [0.05, 0.1) is 4.91 Å². The molecule has 0 aliphatic carbocycles. The van der Waals surface area contributed by atoms with Crippen molar-refractivity contribution in [3.05, 3.63) is 99.9 Å². The van der Waals surface area contributed by atoms with E-state index in [4.69, 9.17) is 33.3 Å². The van der Waals surface area contributed by atoms with Crippen molar-refractivity contribution in [2.24, 2.45) is 0 Å². The third-order valence-electron chi connectivity index (χ3n) is 4.63. The molecule has 0 aromatic heterocycles. The molecule has 2 amide bonds. The second kappa shape index (κ2) is 11.2. The molecule has 4 rings (SSSR count). The fourth-order valence-electron chi connectivity index (χ4n) is 3.01. The molecule has 34 heavy (non-hydrogen) atoms. The molecule has 0 saturated carbocycles. The minimum absolute atomic E-state index is 0.240. The first kappa shape index (κ1) is 23.8. The molecular formula is C25H19ClN2O4S2. The van der Waals surface area contributed by atoms with E-state index < -0.39 is 11.8 Å². The van der Waals surface area contributed by atoms with Crippen LogP contribution in [0.3, 0.4) is 0 Å². The summed E-state index contributed by atoms with van der Waals surface area (Å²) in [6.45, 7) is 0.775. The summed E-state index contributed by atoms with van der Waals surface area (Å²) >= 11 is 12.3. The van der Waals surface area contributed by atoms with E-state index in [9.17, 15) is 9.59 Å². The summed E-state index contributed by atoms with van der Waals surface area (Å²) in [6.07, 6.45) is 1.71. The molecule has 6 nitrogen and oxygen atoms in total. The number of para-hydroxylation sites is 1. The summed E-state index contributed by atoms with van der Waals surface area (Å²) in [5.41, 5.74) is 3.68. The number of amides is 2. The van der Waals surface area contributed by atoms with Gasteiger partial charge >= 0.3 is 0 Å². The summed E-state index contributed by atoms with van der Waals surface area (Å²) < 4.78 is 11.6. The van der Waals surface area contributed by atoms with Crippen LogP contribution in [0.15, 0.2) is 83.8 Å². The molecule has 3 aromatic rings. The quantitative estimate of drug-likeness (QED) is 0.250. The molecule has 1 aliphatic rings. The molecule has 1 N–H and O–H groups in total. The predicted molar refractivity (Wildman–Crippen MR) is 138 cm³/mol. The topological polar surface area (TPSA) is 67.9 Å². The summed E-state index contributed by atoms with van der Waals surface area (Å²) in [5, 5.41) is 1.59. The van der Waals surface area contributed by atoms with E-state index in [1.165, 1.54) is 0 Å². The van der Waals surface area contributed by atoms with E-state index in [0.29, 0.717) is 34.5 Å². The zero-order valence-corrected chi connectivity index (χ0v) is 20.2. The molecule has 0 atom stereocenters. The molecule has 0 unspecified atom stereocenters. The Hall–Kier alpha value is -3.33. The zero-order chi connectivity index (χ0) is 23.9. The lowest BCUT2D eigenvalue weighted by Gasteiger charge is -2.15. The highest BCUT2D eigenvalue weighted by molar-refractivity contribution is 8.26. The van der Waals surface area contributed by atoms with Crippen LogP contribution in [0.5, 0.6) is 11.5 Å². The number of rotatable bonds is 8. The number of ether oxygens (including phenoxy) is 2. The van der Waals surface area contributed by atoms with Crippen molar-refractivity contribution in [1.29, 1.82) is 0 Å². The van der Waals surface area contributed by atoms with Gasteiger partial charge in [0, 0.05) is 10.6 Å². The normalized spacial score (nSPS) is 14.4. The fraction of sp³-hybridized carbons (Fsp3) is 0.0800. The van der Waals surface area contributed by atoms with Gasteiger partial charge in [-0.05, 0) is 72.4 Å². The standard InChI is InChI=1S/C25H19ClN2O4S2/c26-19-11-9-18(10-12-19)23(29)27-28-24(30)22(34-25(28)33)16-17-5-4-8-21(15-17)32-14-13-31-20-6-2-1-3-7-20/h1-12,15-16H,13-14H2,(H,27,29)/b22-16+. The SMILES string of the molecule is O=C(NN1C(=O)/C(=C\c2cccc(OCCOc3ccccc3)c2)SC1=S)c1ccc(Cl)cc1. The predicted octanol–water partition coefficient (Wildman–Crippen LogP) is 5.34. The number of halogens is 1. The lowest BCUT2D eigenvalue weighted by atomic mass is 10.2. The van der Waals surface area contributed by atoms with Crippen LogP contribution in [0.4, 0.5) is 0 Å². The average Bonchev–Trinajstić information content (AvgIpc) is 3.10. The maximum absolute atomic E-state index is 12.8.